The van der Waals surface area contributed by atoms with Crippen LogP contribution in [0.25, 0.3) is 0 Å². The molecular weight excluding hydrogens is 208 g/mol. The standard InChI is InChI=1S/C6H12N4O3S/c1-4-5(7)6(8)9-10(4)2-3-14(11,12)13/h2-3,7H2,1H3,(H2,8,9)(H,11,12,13). The van der Waals surface area contributed by atoms with Crippen molar-refractivity contribution in [1.82, 2.24) is 9.78 Å². The molecule has 80 valence electrons. The summed E-state index contributed by atoms with van der Waals surface area (Å²) >= 11 is 0. The van der Waals surface area contributed by atoms with E-state index < -0.39 is 15.9 Å². The first kappa shape index (κ1) is 10.8. The Kier molecular flexibility index (Phi) is 2.67. The molecule has 1 aromatic heterocycles. The largest absolute Gasteiger partial charge is 0.394 e. The van der Waals surface area contributed by atoms with Gasteiger partial charge in [0.25, 0.3) is 10.1 Å². The van der Waals surface area contributed by atoms with Crippen molar-refractivity contribution in [2.75, 3.05) is 17.2 Å². The van der Waals surface area contributed by atoms with E-state index in [1.54, 1.807) is 6.92 Å². The number of aryl methyl sites for hydroxylation is 1. The first-order valence-corrected chi connectivity index (χ1v) is 5.45. The van der Waals surface area contributed by atoms with Gasteiger partial charge in [0.2, 0.25) is 0 Å². The van der Waals surface area contributed by atoms with E-state index in [-0.39, 0.29) is 12.4 Å². The molecule has 0 saturated heterocycles. The summed E-state index contributed by atoms with van der Waals surface area (Å²) in [5.74, 6) is -0.244. The predicted octanol–water partition coefficient (Wildman–Crippen LogP) is -0.756. The molecule has 8 heteroatoms. The van der Waals surface area contributed by atoms with Crippen LogP contribution in [-0.4, -0.2) is 28.5 Å². The third kappa shape index (κ3) is 2.36. The summed E-state index contributed by atoms with van der Waals surface area (Å²) in [7, 11) is -3.99. The van der Waals surface area contributed by atoms with Crippen LogP contribution in [0.3, 0.4) is 0 Å². The monoisotopic (exact) mass is 220 g/mol. The normalized spacial score (nSPS) is 11.9. The average Bonchev–Trinajstić information content (AvgIpc) is 2.28. The zero-order valence-corrected chi connectivity index (χ0v) is 8.45. The summed E-state index contributed by atoms with van der Waals surface area (Å²) in [4.78, 5) is 0. The first-order valence-electron chi connectivity index (χ1n) is 3.85. The molecule has 0 unspecified atom stereocenters. The molecule has 0 saturated carbocycles. The van der Waals surface area contributed by atoms with Crippen LogP contribution < -0.4 is 11.5 Å². The van der Waals surface area contributed by atoms with E-state index in [4.69, 9.17) is 16.0 Å². The molecule has 7 nitrogen and oxygen atoms in total. The van der Waals surface area contributed by atoms with Gasteiger partial charge in [-0.2, -0.15) is 13.5 Å². The summed E-state index contributed by atoms with van der Waals surface area (Å²) in [6.45, 7) is 1.70. The number of nitrogens with zero attached hydrogens (tertiary/aromatic N) is 2. The quantitative estimate of drug-likeness (QED) is 0.575. The SMILES string of the molecule is Cc1c(N)c(N)nn1CCS(=O)(=O)O. The molecule has 0 aromatic carbocycles. The van der Waals surface area contributed by atoms with Crippen LogP contribution in [0.4, 0.5) is 11.5 Å². The van der Waals surface area contributed by atoms with Crippen LogP contribution in [0.15, 0.2) is 0 Å². The Bertz CT molecular complexity index is 436. The van der Waals surface area contributed by atoms with Crippen molar-refractivity contribution in [2.45, 2.75) is 13.5 Å². The molecule has 0 radical (unpaired) electrons. The molecule has 0 fully saturated rings. The highest BCUT2D eigenvalue weighted by Gasteiger charge is 2.11. The van der Waals surface area contributed by atoms with Gasteiger partial charge >= 0.3 is 0 Å². The van der Waals surface area contributed by atoms with Gasteiger partial charge in [-0.3, -0.25) is 9.23 Å². The van der Waals surface area contributed by atoms with E-state index in [0.717, 1.165) is 0 Å². The predicted molar refractivity (Wildman–Crippen MR) is 52.2 cm³/mol. The maximum Gasteiger partial charge on any atom is 0.266 e. The molecule has 14 heavy (non-hydrogen) atoms. The molecule has 0 aliphatic rings. The lowest BCUT2D eigenvalue weighted by molar-refractivity contribution is 0.475. The van der Waals surface area contributed by atoms with Gasteiger partial charge in [0.15, 0.2) is 5.82 Å². The minimum absolute atomic E-state index is 0.0338. The first-order chi connectivity index (χ1) is 6.31. The van der Waals surface area contributed by atoms with Crippen LogP contribution in [0.2, 0.25) is 0 Å². The average molecular weight is 220 g/mol. The number of hydrogen-bond acceptors (Lipinski definition) is 5. The number of nitrogen functional groups attached to an aromatic ring is 2. The molecule has 5 N–H and O–H groups in total. The fourth-order valence-corrected chi connectivity index (χ4v) is 1.41. The molecule has 0 spiro atoms. The van der Waals surface area contributed by atoms with E-state index in [0.29, 0.717) is 11.4 Å². The van der Waals surface area contributed by atoms with E-state index in [1.807, 2.05) is 0 Å². The van der Waals surface area contributed by atoms with E-state index in [9.17, 15) is 8.42 Å². The minimum atomic E-state index is -3.99. The maximum absolute atomic E-state index is 10.5. The highest BCUT2D eigenvalue weighted by molar-refractivity contribution is 7.85. The Morgan fingerprint density at radius 2 is 2.07 bits per heavy atom. The molecule has 0 aliphatic carbocycles. The Morgan fingerprint density at radius 3 is 2.43 bits per heavy atom. The van der Waals surface area contributed by atoms with E-state index >= 15 is 0 Å². The zero-order chi connectivity index (χ0) is 10.9. The third-order valence-electron chi connectivity index (χ3n) is 1.84. The van der Waals surface area contributed by atoms with Crippen LogP contribution in [0.5, 0.6) is 0 Å². The molecule has 0 aliphatic heterocycles. The third-order valence-corrected chi connectivity index (χ3v) is 2.54. The van der Waals surface area contributed by atoms with Crippen molar-refractivity contribution in [3.63, 3.8) is 0 Å². The molecular formula is C6H12N4O3S. The molecule has 0 amide bonds. The highest BCUT2D eigenvalue weighted by atomic mass is 32.2. The van der Waals surface area contributed by atoms with Gasteiger partial charge in [-0.15, -0.1) is 0 Å². The van der Waals surface area contributed by atoms with Gasteiger partial charge in [0, 0.05) is 0 Å². The van der Waals surface area contributed by atoms with Crippen molar-refractivity contribution in [3.05, 3.63) is 5.69 Å². The summed E-state index contributed by atoms with van der Waals surface area (Å²) in [5, 5.41) is 3.81. The van der Waals surface area contributed by atoms with Crippen LogP contribution >= 0.6 is 0 Å². The summed E-state index contributed by atoms with van der Waals surface area (Å²) in [5.41, 5.74) is 11.9. The second kappa shape index (κ2) is 3.46. The topological polar surface area (TPSA) is 124 Å². The van der Waals surface area contributed by atoms with Crippen molar-refractivity contribution >= 4 is 21.6 Å². The van der Waals surface area contributed by atoms with Gasteiger partial charge in [-0.05, 0) is 6.92 Å². The second-order valence-electron chi connectivity index (χ2n) is 2.89. The number of hydrogen-bond donors (Lipinski definition) is 3. The van der Waals surface area contributed by atoms with Gasteiger partial charge in [0.05, 0.1) is 23.7 Å². The number of rotatable bonds is 3. The van der Waals surface area contributed by atoms with Crippen LogP contribution in [0.1, 0.15) is 5.69 Å². The maximum atomic E-state index is 10.5. The van der Waals surface area contributed by atoms with Gasteiger partial charge in [-0.25, -0.2) is 0 Å². The fraction of sp³-hybridized carbons (Fsp3) is 0.500. The summed E-state index contributed by atoms with van der Waals surface area (Å²) in [6, 6.07) is 0. The molecule has 1 heterocycles. The zero-order valence-electron chi connectivity index (χ0n) is 7.64. The van der Waals surface area contributed by atoms with Crippen molar-refractivity contribution < 1.29 is 13.0 Å². The Balaban J connectivity index is 2.83. The highest BCUT2D eigenvalue weighted by Crippen LogP contribution is 2.17. The lowest BCUT2D eigenvalue weighted by atomic mass is 10.4. The lowest BCUT2D eigenvalue weighted by Gasteiger charge is -2.01. The Hall–Kier alpha value is -1.28. The van der Waals surface area contributed by atoms with Crippen molar-refractivity contribution in [3.8, 4) is 0 Å². The van der Waals surface area contributed by atoms with E-state index in [1.165, 1.54) is 4.68 Å². The number of aromatic nitrogens is 2. The van der Waals surface area contributed by atoms with Gasteiger partial charge in [0.1, 0.15) is 0 Å². The van der Waals surface area contributed by atoms with Crippen molar-refractivity contribution in [2.24, 2.45) is 0 Å². The van der Waals surface area contributed by atoms with Gasteiger partial charge in [-0.1, -0.05) is 0 Å². The Morgan fingerprint density at radius 1 is 1.50 bits per heavy atom. The summed E-state index contributed by atoms with van der Waals surface area (Å²) < 4.78 is 30.8. The Labute approximate surface area is 81.4 Å². The van der Waals surface area contributed by atoms with Crippen molar-refractivity contribution in [1.29, 1.82) is 0 Å². The molecule has 0 bridgehead atoms. The smallest absolute Gasteiger partial charge is 0.266 e. The van der Waals surface area contributed by atoms with Crippen LogP contribution in [0, 0.1) is 6.92 Å². The van der Waals surface area contributed by atoms with E-state index in [2.05, 4.69) is 5.10 Å². The minimum Gasteiger partial charge on any atom is -0.394 e. The molecule has 1 rings (SSSR count). The second-order valence-corrected chi connectivity index (χ2v) is 4.47. The van der Waals surface area contributed by atoms with Gasteiger partial charge < -0.3 is 11.5 Å². The van der Waals surface area contributed by atoms with Crippen LogP contribution in [-0.2, 0) is 16.7 Å². The summed E-state index contributed by atoms with van der Waals surface area (Å²) in [6.07, 6.45) is 0. The molecule has 0 atom stereocenters. The fourth-order valence-electron chi connectivity index (χ4n) is 1.00. The number of nitrogens with two attached hydrogens (primary N) is 2. The molecule has 1 aromatic rings. The lowest BCUT2D eigenvalue weighted by Crippen LogP contribution is -2.13. The number of anilines is 2.